The normalized spacial score (nSPS) is 10.2. The van der Waals surface area contributed by atoms with Gasteiger partial charge in [-0.15, -0.1) is 0 Å². The Morgan fingerprint density at radius 2 is 1.89 bits per heavy atom. The number of nitrogen functional groups attached to an aromatic ring is 2. The van der Waals surface area contributed by atoms with E-state index in [4.69, 9.17) is 15.7 Å². The molecule has 4 nitrogen and oxygen atoms in total. The molecular weight excluding hydrogens is 260 g/mol. The number of anilines is 2. The zero-order valence-corrected chi connectivity index (χ0v) is 11.2. The number of rotatable bonds is 3. The number of carbonyl (C=O) groups excluding carboxylic acids is 1. The molecule has 0 aromatic heterocycles. The van der Waals surface area contributed by atoms with Crippen LogP contribution < -0.4 is 15.7 Å². The van der Waals surface area contributed by atoms with E-state index in [1.807, 2.05) is 36.4 Å². The SMILES string of the molecule is CC(=O)SOc1cccc(-c2cccc(N)c2)c1N. The van der Waals surface area contributed by atoms with Gasteiger partial charge in [0.15, 0.2) is 5.75 Å². The van der Waals surface area contributed by atoms with Crippen LogP contribution in [0.2, 0.25) is 0 Å². The van der Waals surface area contributed by atoms with Crippen LogP contribution in [0.3, 0.4) is 0 Å². The molecule has 98 valence electrons. The minimum atomic E-state index is -0.131. The summed E-state index contributed by atoms with van der Waals surface area (Å²) in [5, 5.41) is -0.131. The van der Waals surface area contributed by atoms with Crippen LogP contribution in [0.1, 0.15) is 6.92 Å². The van der Waals surface area contributed by atoms with Crippen molar-refractivity contribution in [3.05, 3.63) is 42.5 Å². The van der Waals surface area contributed by atoms with Gasteiger partial charge in [0.1, 0.15) is 12.0 Å². The molecule has 4 N–H and O–H groups in total. The van der Waals surface area contributed by atoms with Crippen molar-refractivity contribution in [3.8, 4) is 16.9 Å². The van der Waals surface area contributed by atoms with E-state index in [0.717, 1.165) is 23.2 Å². The van der Waals surface area contributed by atoms with Gasteiger partial charge < -0.3 is 15.7 Å². The summed E-state index contributed by atoms with van der Waals surface area (Å²) < 4.78 is 5.30. The Kier molecular flexibility index (Phi) is 3.97. The molecule has 0 aliphatic carbocycles. The number of carbonyl (C=O) groups is 1. The molecule has 0 aliphatic heterocycles. The predicted molar refractivity (Wildman–Crippen MR) is 79.6 cm³/mol. The van der Waals surface area contributed by atoms with Gasteiger partial charge in [0.05, 0.1) is 5.69 Å². The van der Waals surface area contributed by atoms with Crippen molar-refractivity contribution in [2.75, 3.05) is 11.5 Å². The van der Waals surface area contributed by atoms with Crippen LogP contribution in [0.4, 0.5) is 11.4 Å². The zero-order chi connectivity index (χ0) is 13.8. The lowest BCUT2D eigenvalue weighted by atomic mass is 10.0. The molecule has 0 amide bonds. The molecule has 0 fully saturated rings. The standard InChI is InChI=1S/C14H14N2O2S/c1-9(17)19-18-13-7-3-6-12(14(13)16)10-4-2-5-11(15)8-10/h2-8H,15-16H2,1H3. The molecule has 2 rings (SSSR count). The van der Waals surface area contributed by atoms with Crippen molar-refractivity contribution in [2.24, 2.45) is 0 Å². The Morgan fingerprint density at radius 3 is 2.58 bits per heavy atom. The molecule has 5 heteroatoms. The van der Waals surface area contributed by atoms with Crippen molar-refractivity contribution in [1.29, 1.82) is 0 Å². The highest BCUT2D eigenvalue weighted by Gasteiger charge is 2.09. The molecule has 0 aliphatic rings. The third-order valence-electron chi connectivity index (χ3n) is 2.51. The summed E-state index contributed by atoms with van der Waals surface area (Å²) in [6.45, 7) is 1.43. The average Bonchev–Trinajstić information content (AvgIpc) is 2.37. The zero-order valence-electron chi connectivity index (χ0n) is 10.4. The van der Waals surface area contributed by atoms with Gasteiger partial charge in [-0.1, -0.05) is 24.3 Å². The topological polar surface area (TPSA) is 78.3 Å². The van der Waals surface area contributed by atoms with Gasteiger partial charge >= 0.3 is 0 Å². The first-order valence-corrected chi connectivity index (χ1v) is 6.41. The Bertz CT molecular complexity index is 614. The Labute approximate surface area is 116 Å². The van der Waals surface area contributed by atoms with E-state index in [1.165, 1.54) is 6.92 Å². The molecular formula is C14H14N2O2S. The summed E-state index contributed by atoms with van der Waals surface area (Å²) in [7, 11) is 0. The third kappa shape index (κ3) is 3.20. The second-order valence-corrected chi connectivity index (χ2v) is 4.91. The number of nitrogens with two attached hydrogens (primary N) is 2. The minimum absolute atomic E-state index is 0.131. The monoisotopic (exact) mass is 274 g/mol. The van der Waals surface area contributed by atoms with E-state index in [9.17, 15) is 4.79 Å². The fraction of sp³-hybridized carbons (Fsp3) is 0.0714. The second-order valence-electron chi connectivity index (χ2n) is 4.00. The van der Waals surface area contributed by atoms with E-state index in [2.05, 4.69) is 0 Å². The molecule has 2 aromatic carbocycles. The molecule has 19 heavy (non-hydrogen) atoms. The van der Waals surface area contributed by atoms with Gasteiger partial charge in [-0.3, -0.25) is 4.79 Å². The first kappa shape index (κ1) is 13.3. The van der Waals surface area contributed by atoms with Crippen LogP contribution >= 0.6 is 12.0 Å². The van der Waals surface area contributed by atoms with Crippen LogP contribution in [0.5, 0.6) is 5.75 Å². The van der Waals surface area contributed by atoms with Gasteiger partial charge in [0.25, 0.3) is 0 Å². The lowest BCUT2D eigenvalue weighted by molar-refractivity contribution is -0.109. The number of para-hydroxylation sites is 1. The van der Waals surface area contributed by atoms with Crippen molar-refractivity contribution in [1.82, 2.24) is 0 Å². The molecule has 0 heterocycles. The highest BCUT2D eigenvalue weighted by atomic mass is 32.2. The van der Waals surface area contributed by atoms with E-state index < -0.39 is 0 Å². The van der Waals surface area contributed by atoms with Gasteiger partial charge in [-0.05, 0) is 23.8 Å². The van der Waals surface area contributed by atoms with Crippen LogP contribution in [0.25, 0.3) is 11.1 Å². The summed E-state index contributed by atoms with van der Waals surface area (Å²) in [4.78, 5) is 10.9. The van der Waals surface area contributed by atoms with Crippen LogP contribution in [-0.4, -0.2) is 5.12 Å². The van der Waals surface area contributed by atoms with Crippen molar-refractivity contribution in [2.45, 2.75) is 6.92 Å². The van der Waals surface area contributed by atoms with E-state index in [1.54, 1.807) is 6.07 Å². The van der Waals surface area contributed by atoms with Crippen LogP contribution in [-0.2, 0) is 4.79 Å². The van der Waals surface area contributed by atoms with Gasteiger partial charge in [-0.2, -0.15) is 0 Å². The summed E-state index contributed by atoms with van der Waals surface area (Å²) >= 11 is 0.762. The maximum Gasteiger partial charge on any atom is 0.224 e. The largest absolute Gasteiger partial charge is 0.415 e. The van der Waals surface area contributed by atoms with Gasteiger partial charge in [0, 0.05) is 18.2 Å². The number of benzene rings is 2. The highest BCUT2D eigenvalue weighted by molar-refractivity contribution is 8.09. The van der Waals surface area contributed by atoms with E-state index in [-0.39, 0.29) is 5.12 Å². The Balaban J connectivity index is 2.37. The van der Waals surface area contributed by atoms with Crippen LogP contribution in [0.15, 0.2) is 42.5 Å². The summed E-state index contributed by atoms with van der Waals surface area (Å²) in [5.74, 6) is 0.472. The summed E-state index contributed by atoms with van der Waals surface area (Å²) in [6.07, 6.45) is 0. The molecule has 0 radical (unpaired) electrons. The van der Waals surface area contributed by atoms with Gasteiger partial charge in [-0.25, -0.2) is 0 Å². The summed E-state index contributed by atoms with van der Waals surface area (Å²) in [6, 6.07) is 12.9. The smallest absolute Gasteiger partial charge is 0.224 e. The van der Waals surface area contributed by atoms with Crippen molar-refractivity contribution >= 4 is 28.5 Å². The molecule has 0 bridgehead atoms. The maximum atomic E-state index is 10.9. The van der Waals surface area contributed by atoms with Crippen molar-refractivity contribution < 1.29 is 8.98 Å². The molecule has 0 unspecified atom stereocenters. The van der Waals surface area contributed by atoms with E-state index >= 15 is 0 Å². The molecule has 2 aromatic rings. The lowest BCUT2D eigenvalue weighted by Crippen LogP contribution is -1.96. The second kappa shape index (κ2) is 5.67. The number of hydrogen-bond donors (Lipinski definition) is 2. The maximum absolute atomic E-state index is 10.9. The lowest BCUT2D eigenvalue weighted by Gasteiger charge is -2.11. The number of hydrogen-bond acceptors (Lipinski definition) is 5. The fourth-order valence-electron chi connectivity index (χ4n) is 1.68. The van der Waals surface area contributed by atoms with E-state index in [0.29, 0.717) is 17.1 Å². The average molecular weight is 274 g/mol. The fourth-order valence-corrected chi connectivity index (χ4v) is 2.03. The molecule has 0 spiro atoms. The third-order valence-corrected chi connectivity index (χ3v) is 3.01. The summed E-state index contributed by atoms with van der Waals surface area (Å²) in [5.41, 5.74) is 14.7. The quantitative estimate of drug-likeness (QED) is 0.664. The minimum Gasteiger partial charge on any atom is -0.415 e. The first-order chi connectivity index (χ1) is 9.08. The molecule has 0 atom stereocenters. The molecule has 0 saturated carbocycles. The first-order valence-electron chi connectivity index (χ1n) is 5.67. The van der Waals surface area contributed by atoms with Crippen LogP contribution in [0, 0.1) is 0 Å². The predicted octanol–water partition coefficient (Wildman–Crippen LogP) is 3.09. The Morgan fingerprint density at radius 1 is 1.16 bits per heavy atom. The van der Waals surface area contributed by atoms with Crippen molar-refractivity contribution in [3.63, 3.8) is 0 Å². The Hall–Kier alpha value is -2.14. The van der Waals surface area contributed by atoms with Gasteiger partial charge in [0.2, 0.25) is 5.12 Å². The molecule has 0 saturated heterocycles. The highest BCUT2D eigenvalue weighted by Crippen LogP contribution is 2.35.